The van der Waals surface area contributed by atoms with Crippen molar-refractivity contribution in [2.45, 2.75) is 70.1 Å². The summed E-state index contributed by atoms with van der Waals surface area (Å²) in [5.74, 6) is 0.804. The normalized spacial score (nSPS) is 27.4. The van der Waals surface area contributed by atoms with Crippen LogP contribution in [0.25, 0.3) is 0 Å². The first-order valence-electron chi connectivity index (χ1n) is 12.2. The summed E-state index contributed by atoms with van der Waals surface area (Å²) < 4.78 is 6.11. The second kappa shape index (κ2) is 10.7. The third-order valence-electron chi connectivity index (χ3n) is 7.49. The largest absolute Gasteiger partial charge is 0.365 e. The molecule has 3 aliphatic rings. The van der Waals surface area contributed by atoms with Crippen molar-refractivity contribution in [3.8, 4) is 0 Å². The molecular formula is C25H39N3O2. The molecule has 1 amide bonds. The molecule has 5 heteroatoms. The molecule has 0 spiro atoms. The number of carbonyl (C=O) groups is 1. The van der Waals surface area contributed by atoms with Crippen molar-refractivity contribution in [1.29, 1.82) is 0 Å². The maximum atomic E-state index is 13.2. The van der Waals surface area contributed by atoms with Crippen molar-refractivity contribution in [2.24, 2.45) is 5.92 Å². The number of ether oxygens (including phenoxy) is 1. The number of nitrogens with one attached hydrogen (secondary N) is 1. The minimum atomic E-state index is -0.413. The monoisotopic (exact) mass is 413 g/mol. The molecule has 166 valence electrons. The van der Waals surface area contributed by atoms with Gasteiger partial charge in [0.2, 0.25) is 0 Å². The van der Waals surface area contributed by atoms with Crippen LogP contribution in [-0.2, 0) is 9.53 Å². The topological polar surface area (TPSA) is 44.8 Å². The molecule has 1 aromatic rings. The molecular weight excluding hydrogens is 374 g/mol. The predicted octanol–water partition coefficient (Wildman–Crippen LogP) is 3.61. The summed E-state index contributed by atoms with van der Waals surface area (Å²) >= 11 is 0. The summed E-state index contributed by atoms with van der Waals surface area (Å²) in [7, 11) is 0. The van der Waals surface area contributed by atoms with Gasteiger partial charge in [0.1, 0.15) is 0 Å². The van der Waals surface area contributed by atoms with Gasteiger partial charge in [0, 0.05) is 19.1 Å². The number of benzene rings is 1. The molecule has 1 aliphatic carbocycles. The van der Waals surface area contributed by atoms with Gasteiger partial charge in [-0.2, -0.15) is 0 Å². The second-order valence-corrected chi connectivity index (χ2v) is 9.28. The fraction of sp³-hybridized carbons (Fsp3) is 0.720. The van der Waals surface area contributed by atoms with Gasteiger partial charge in [0.25, 0.3) is 5.91 Å². The van der Waals surface area contributed by atoms with E-state index in [0.29, 0.717) is 12.6 Å². The Morgan fingerprint density at radius 1 is 1.07 bits per heavy atom. The van der Waals surface area contributed by atoms with Crippen molar-refractivity contribution in [1.82, 2.24) is 15.1 Å². The number of amides is 1. The van der Waals surface area contributed by atoms with Crippen LogP contribution >= 0.6 is 0 Å². The van der Waals surface area contributed by atoms with Gasteiger partial charge in [-0.25, -0.2) is 0 Å². The van der Waals surface area contributed by atoms with Crippen molar-refractivity contribution in [2.75, 3.05) is 39.3 Å². The van der Waals surface area contributed by atoms with Crippen LogP contribution in [0.5, 0.6) is 0 Å². The third-order valence-corrected chi connectivity index (χ3v) is 7.49. The number of likely N-dealkylation sites (tertiary alicyclic amines) is 1. The van der Waals surface area contributed by atoms with Crippen molar-refractivity contribution < 1.29 is 9.53 Å². The first kappa shape index (κ1) is 21.8. The molecule has 5 nitrogen and oxygen atoms in total. The molecule has 3 fully saturated rings. The summed E-state index contributed by atoms with van der Waals surface area (Å²) in [6, 6.07) is 11.1. The van der Waals surface area contributed by atoms with E-state index in [2.05, 4.69) is 46.3 Å². The van der Waals surface area contributed by atoms with E-state index in [9.17, 15) is 4.79 Å². The smallest absolute Gasteiger partial charge is 0.251 e. The molecule has 0 unspecified atom stereocenters. The van der Waals surface area contributed by atoms with E-state index in [4.69, 9.17) is 4.74 Å². The Hall–Kier alpha value is -1.43. The highest BCUT2D eigenvalue weighted by Gasteiger charge is 2.41. The molecule has 2 aliphatic heterocycles. The predicted molar refractivity (Wildman–Crippen MR) is 120 cm³/mol. The molecule has 1 saturated carbocycles. The summed E-state index contributed by atoms with van der Waals surface area (Å²) in [4.78, 5) is 18.3. The molecule has 0 aromatic heterocycles. The first-order chi connectivity index (χ1) is 14.8. The Bertz CT molecular complexity index is 654. The quantitative estimate of drug-likeness (QED) is 0.742. The number of hydrogen-bond donors (Lipinski definition) is 1. The zero-order valence-corrected chi connectivity index (χ0v) is 18.6. The molecule has 2 atom stereocenters. The van der Waals surface area contributed by atoms with E-state index in [0.717, 1.165) is 32.0 Å². The summed E-state index contributed by atoms with van der Waals surface area (Å²) in [5, 5.41) is 3.23. The van der Waals surface area contributed by atoms with Crippen molar-refractivity contribution in [3.63, 3.8) is 0 Å². The number of morpholine rings is 1. The standard InChI is InChI=1S/C25H39N3O2/c1-2-27-16-13-20(14-17-27)12-15-26-25(29)24-23(21-8-4-3-5-9-21)28(18-19-30-24)22-10-6-7-11-22/h3-5,8-9,20,22-24H,2,6-7,10-19H2,1H3,(H,26,29)/t23-,24+/m0/s1. The lowest BCUT2D eigenvalue weighted by Gasteiger charge is -2.44. The third kappa shape index (κ3) is 5.24. The first-order valence-corrected chi connectivity index (χ1v) is 12.2. The van der Waals surface area contributed by atoms with Crippen LogP contribution in [0, 0.1) is 5.92 Å². The van der Waals surface area contributed by atoms with Gasteiger partial charge >= 0.3 is 0 Å². The highest BCUT2D eigenvalue weighted by atomic mass is 16.5. The molecule has 4 rings (SSSR count). The lowest BCUT2D eigenvalue weighted by molar-refractivity contribution is -0.148. The molecule has 0 radical (unpaired) electrons. The highest BCUT2D eigenvalue weighted by Crippen LogP contribution is 2.36. The Labute approximate surface area is 182 Å². The summed E-state index contributed by atoms with van der Waals surface area (Å²) in [6.07, 6.45) is 8.27. The van der Waals surface area contributed by atoms with Gasteiger partial charge < -0.3 is 15.0 Å². The van der Waals surface area contributed by atoms with Gasteiger partial charge in [-0.15, -0.1) is 0 Å². The minimum Gasteiger partial charge on any atom is -0.365 e. The van der Waals surface area contributed by atoms with E-state index in [1.54, 1.807) is 0 Å². The lowest BCUT2D eigenvalue weighted by atomic mass is 9.93. The van der Waals surface area contributed by atoms with Crippen molar-refractivity contribution >= 4 is 5.91 Å². The SMILES string of the molecule is CCN1CCC(CCNC(=O)[C@@H]2OCCN(C3CCCC3)[C@H]2c2ccccc2)CC1. The Morgan fingerprint density at radius 3 is 2.50 bits per heavy atom. The van der Waals surface area contributed by atoms with Crippen LogP contribution < -0.4 is 5.32 Å². The van der Waals surface area contributed by atoms with Gasteiger partial charge in [-0.1, -0.05) is 50.1 Å². The highest BCUT2D eigenvalue weighted by molar-refractivity contribution is 5.82. The van der Waals surface area contributed by atoms with E-state index >= 15 is 0 Å². The molecule has 0 bridgehead atoms. The maximum Gasteiger partial charge on any atom is 0.251 e. The number of hydrogen-bond acceptors (Lipinski definition) is 4. The minimum absolute atomic E-state index is 0.0239. The molecule has 1 aromatic carbocycles. The second-order valence-electron chi connectivity index (χ2n) is 9.28. The zero-order valence-electron chi connectivity index (χ0n) is 18.6. The van der Waals surface area contributed by atoms with Crippen molar-refractivity contribution in [3.05, 3.63) is 35.9 Å². The number of rotatable bonds is 7. The maximum absolute atomic E-state index is 13.2. The number of nitrogens with zero attached hydrogens (tertiary/aromatic N) is 2. The average molecular weight is 414 g/mol. The Balaban J connectivity index is 1.37. The number of carbonyl (C=O) groups excluding carboxylic acids is 1. The van der Waals surface area contributed by atoms with E-state index in [-0.39, 0.29) is 11.9 Å². The summed E-state index contributed by atoms with van der Waals surface area (Å²) in [5.41, 5.74) is 1.20. The van der Waals surface area contributed by atoms with Crippen LogP contribution in [0.4, 0.5) is 0 Å². The van der Waals surface area contributed by atoms with E-state index in [1.807, 2.05) is 6.07 Å². The van der Waals surface area contributed by atoms with Crippen LogP contribution in [0.15, 0.2) is 30.3 Å². The van der Waals surface area contributed by atoms with Gasteiger partial charge in [0.15, 0.2) is 6.10 Å². The van der Waals surface area contributed by atoms with Gasteiger partial charge in [-0.3, -0.25) is 9.69 Å². The van der Waals surface area contributed by atoms with Crippen LogP contribution in [0.1, 0.15) is 63.5 Å². The fourth-order valence-corrected chi connectivity index (χ4v) is 5.66. The van der Waals surface area contributed by atoms with E-state index < -0.39 is 6.10 Å². The lowest BCUT2D eigenvalue weighted by Crippen LogP contribution is -2.54. The Kier molecular flexibility index (Phi) is 7.80. The molecule has 1 N–H and O–H groups in total. The Morgan fingerprint density at radius 2 is 1.80 bits per heavy atom. The number of piperidine rings is 1. The van der Waals surface area contributed by atoms with Gasteiger partial charge in [0.05, 0.1) is 12.6 Å². The van der Waals surface area contributed by atoms with Gasteiger partial charge in [-0.05, 0) is 63.2 Å². The van der Waals surface area contributed by atoms with Crippen LogP contribution in [0.3, 0.4) is 0 Å². The zero-order chi connectivity index (χ0) is 20.8. The van der Waals surface area contributed by atoms with Crippen LogP contribution in [-0.4, -0.2) is 67.2 Å². The average Bonchev–Trinajstić information content (AvgIpc) is 3.34. The van der Waals surface area contributed by atoms with E-state index in [1.165, 1.54) is 57.2 Å². The molecule has 2 heterocycles. The fourth-order valence-electron chi connectivity index (χ4n) is 5.66. The molecule has 30 heavy (non-hydrogen) atoms. The van der Waals surface area contributed by atoms with Crippen LogP contribution in [0.2, 0.25) is 0 Å². The molecule has 2 saturated heterocycles. The summed E-state index contributed by atoms with van der Waals surface area (Å²) in [6.45, 7) is 8.13.